The molecule has 36 heavy (non-hydrogen) atoms. The SMILES string of the molecule is CC[C@@H]1O[C@@H](n2cnc3c(=O)[nH]c(NCC(C)C)nc32)C[C@H]1OP(OCCC#N)N(C(C)C)C(C)C. The smallest absolute Gasteiger partial charge is 0.280 e. The van der Waals surface area contributed by atoms with Gasteiger partial charge in [0.1, 0.15) is 6.23 Å². The Hall–Kier alpha value is -2.09. The van der Waals surface area contributed by atoms with E-state index in [9.17, 15) is 4.79 Å². The maximum atomic E-state index is 12.6. The molecule has 200 valence electrons. The summed E-state index contributed by atoms with van der Waals surface area (Å²) in [7, 11) is -1.39. The van der Waals surface area contributed by atoms with E-state index in [1.807, 2.05) is 4.57 Å². The van der Waals surface area contributed by atoms with Crippen molar-refractivity contribution in [3.05, 3.63) is 16.7 Å². The van der Waals surface area contributed by atoms with Crippen LogP contribution in [0.15, 0.2) is 11.1 Å². The summed E-state index contributed by atoms with van der Waals surface area (Å²) in [6.45, 7) is 15.7. The molecular formula is C24H40N7O4P. The third-order valence-corrected chi connectivity index (χ3v) is 8.05. The molecule has 0 aromatic carbocycles. The zero-order chi connectivity index (χ0) is 26.4. The zero-order valence-corrected chi connectivity index (χ0v) is 23.3. The van der Waals surface area contributed by atoms with Crippen LogP contribution in [-0.2, 0) is 13.8 Å². The van der Waals surface area contributed by atoms with E-state index in [0.717, 1.165) is 6.42 Å². The van der Waals surface area contributed by atoms with Gasteiger partial charge in [0.05, 0.1) is 37.6 Å². The number of nitrogens with one attached hydrogen (secondary N) is 2. The van der Waals surface area contributed by atoms with Gasteiger partial charge in [0, 0.05) is 25.0 Å². The van der Waals surface area contributed by atoms with Crippen molar-refractivity contribution in [1.29, 1.82) is 5.26 Å². The summed E-state index contributed by atoms with van der Waals surface area (Å²) in [5.41, 5.74) is 0.463. The molecule has 1 fully saturated rings. The number of ether oxygens (including phenoxy) is 1. The van der Waals surface area contributed by atoms with E-state index in [1.54, 1.807) is 6.33 Å². The van der Waals surface area contributed by atoms with Crippen LogP contribution < -0.4 is 10.9 Å². The number of H-pyrrole nitrogens is 1. The Morgan fingerprint density at radius 3 is 2.67 bits per heavy atom. The van der Waals surface area contributed by atoms with Crippen LogP contribution in [0.5, 0.6) is 0 Å². The first-order chi connectivity index (χ1) is 17.2. The monoisotopic (exact) mass is 521 g/mol. The maximum Gasteiger partial charge on any atom is 0.280 e. The van der Waals surface area contributed by atoms with Gasteiger partial charge in [-0.1, -0.05) is 20.8 Å². The Kier molecular flexibility index (Phi) is 10.2. The van der Waals surface area contributed by atoms with Gasteiger partial charge in [0.15, 0.2) is 11.2 Å². The molecule has 2 aromatic rings. The summed E-state index contributed by atoms with van der Waals surface area (Å²) in [5.74, 6) is 0.818. The van der Waals surface area contributed by atoms with Crippen LogP contribution in [0.4, 0.5) is 5.95 Å². The van der Waals surface area contributed by atoms with Gasteiger partial charge in [-0.15, -0.1) is 0 Å². The number of nitrogens with zero attached hydrogens (tertiary/aromatic N) is 5. The summed E-state index contributed by atoms with van der Waals surface area (Å²) >= 11 is 0. The third-order valence-electron chi connectivity index (χ3n) is 5.89. The lowest BCUT2D eigenvalue weighted by Crippen LogP contribution is -2.35. The summed E-state index contributed by atoms with van der Waals surface area (Å²) in [6.07, 6.45) is 2.50. The second kappa shape index (κ2) is 12.9. The number of aromatic nitrogens is 4. The number of imidazole rings is 1. The van der Waals surface area contributed by atoms with E-state index in [0.29, 0.717) is 43.5 Å². The molecule has 1 unspecified atom stereocenters. The Bertz CT molecular complexity index is 1070. The first-order valence-electron chi connectivity index (χ1n) is 12.8. The highest BCUT2D eigenvalue weighted by molar-refractivity contribution is 7.44. The first kappa shape index (κ1) is 28.5. The number of aromatic amines is 1. The topological polar surface area (TPSA) is 130 Å². The minimum absolute atomic E-state index is 0.154. The molecule has 2 N–H and O–H groups in total. The fourth-order valence-corrected chi connectivity index (χ4v) is 6.03. The molecule has 0 spiro atoms. The van der Waals surface area contributed by atoms with Gasteiger partial charge in [0.2, 0.25) is 5.95 Å². The number of anilines is 1. The molecule has 0 saturated carbocycles. The molecular weight excluding hydrogens is 481 g/mol. The molecule has 11 nitrogen and oxygen atoms in total. The van der Waals surface area contributed by atoms with Crippen LogP contribution in [0.3, 0.4) is 0 Å². The van der Waals surface area contributed by atoms with E-state index in [-0.39, 0.29) is 41.6 Å². The number of nitriles is 1. The van der Waals surface area contributed by atoms with Gasteiger partial charge in [-0.05, 0) is 40.0 Å². The van der Waals surface area contributed by atoms with Crippen LogP contribution in [-0.4, -0.2) is 61.6 Å². The molecule has 4 atom stereocenters. The number of hydrogen-bond acceptors (Lipinski definition) is 9. The average Bonchev–Trinajstić information content (AvgIpc) is 3.41. The Morgan fingerprint density at radius 2 is 2.06 bits per heavy atom. The standard InChI is InChI=1S/C24H40N7O4P/c1-8-18-19(35-36(33-11-9-10-25)31(16(4)5)17(6)7)12-20(34-18)30-14-27-21-22(30)28-24(29-23(21)32)26-13-15(2)3/h14-20H,8-9,11-13H2,1-7H3,(H2,26,28,29,32)/t18-,19+,20+,36?/m0/s1. The molecule has 2 aromatic heterocycles. The molecule has 0 aliphatic carbocycles. The lowest BCUT2D eigenvalue weighted by molar-refractivity contribution is -0.0166. The normalized spacial score (nSPS) is 21.2. The lowest BCUT2D eigenvalue weighted by atomic mass is 10.1. The lowest BCUT2D eigenvalue weighted by Gasteiger charge is -2.37. The summed E-state index contributed by atoms with van der Waals surface area (Å²) < 4.78 is 23.1. The van der Waals surface area contributed by atoms with E-state index < -0.39 is 8.53 Å². The van der Waals surface area contributed by atoms with E-state index in [1.165, 1.54) is 0 Å². The second-order valence-electron chi connectivity index (χ2n) is 9.98. The highest BCUT2D eigenvalue weighted by atomic mass is 31.2. The van der Waals surface area contributed by atoms with E-state index in [2.05, 4.69) is 79.5 Å². The predicted molar refractivity (Wildman–Crippen MR) is 140 cm³/mol. The van der Waals surface area contributed by atoms with Crippen molar-refractivity contribution in [3.63, 3.8) is 0 Å². The summed E-state index contributed by atoms with van der Waals surface area (Å²) in [6, 6.07) is 2.56. The number of fused-ring (bicyclic) bond motifs is 1. The van der Waals surface area contributed by atoms with Crippen LogP contribution in [0, 0.1) is 17.2 Å². The molecule has 0 amide bonds. The number of hydrogen-bond donors (Lipinski definition) is 2. The molecule has 1 saturated heterocycles. The average molecular weight is 522 g/mol. The Labute approximate surface area is 214 Å². The molecule has 12 heteroatoms. The summed E-state index contributed by atoms with van der Waals surface area (Å²) in [4.78, 5) is 24.3. The van der Waals surface area contributed by atoms with Crippen LogP contribution >= 0.6 is 8.53 Å². The van der Waals surface area contributed by atoms with Gasteiger partial charge in [0.25, 0.3) is 14.1 Å². The van der Waals surface area contributed by atoms with Crippen molar-refractivity contribution in [2.75, 3.05) is 18.5 Å². The molecule has 0 radical (unpaired) electrons. The number of rotatable bonds is 13. The minimum atomic E-state index is -1.39. The molecule has 3 heterocycles. The van der Waals surface area contributed by atoms with Crippen molar-refractivity contribution < 1.29 is 13.8 Å². The maximum absolute atomic E-state index is 12.6. The fraction of sp³-hybridized carbons (Fsp3) is 0.750. The quantitative estimate of drug-likeness (QED) is 0.288. The predicted octanol–water partition coefficient (Wildman–Crippen LogP) is 4.55. The van der Waals surface area contributed by atoms with Crippen molar-refractivity contribution in [2.24, 2.45) is 5.92 Å². The molecule has 0 bridgehead atoms. The van der Waals surface area contributed by atoms with E-state index >= 15 is 0 Å². The van der Waals surface area contributed by atoms with Crippen LogP contribution in [0.1, 0.15) is 74.0 Å². The second-order valence-corrected chi connectivity index (χ2v) is 11.4. The highest BCUT2D eigenvalue weighted by Gasteiger charge is 2.40. The highest BCUT2D eigenvalue weighted by Crippen LogP contribution is 2.50. The van der Waals surface area contributed by atoms with Crippen molar-refractivity contribution >= 4 is 25.6 Å². The minimum Gasteiger partial charge on any atom is -0.355 e. The van der Waals surface area contributed by atoms with Crippen LogP contribution in [0.25, 0.3) is 11.2 Å². The molecule has 1 aliphatic rings. The van der Waals surface area contributed by atoms with Crippen LogP contribution in [0.2, 0.25) is 0 Å². The van der Waals surface area contributed by atoms with Gasteiger partial charge in [-0.25, -0.2) is 9.65 Å². The van der Waals surface area contributed by atoms with Crippen molar-refractivity contribution in [2.45, 2.75) is 98.2 Å². The van der Waals surface area contributed by atoms with Gasteiger partial charge in [-0.3, -0.25) is 14.3 Å². The van der Waals surface area contributed by atoms with Crippen molar-refractivity contribution in [3.8, 4) is 6.07 Å². The zero-order valence-electron chi connectivity index (χ0n) is 22.4. The van der Waals surface area contributed by atoms with Gasteiger partial charge >= 0.3 is 0 Å². The fourth-order valence-electron chi connectivity index (χ4n) is 4.28. The molecule has 3 rings (SSSR count). The Balaban J connectivity index is 1.84. The largest absolute Gasteiger partial charge is 0.355 e. The van der Waals surface area contributed by atoms with Gasteiger partial charge in [-0.2, -0.15) is 10.2 Å². The van der Waals surface area contributed by atoms with E-state index in [4.69, 9.17) is 19.0 Å². The van der Waals surface area contributed by atoms with Gasteiger partial charge < -0.3 is 19.1 Å². The summed E-state index contributed by atoms with van der Waals surface area (Å²) in [5, 5.41) is 12.2. The Morgan fingerprint density at radius 1 is 1.33 bits per heavy atom. The van der Waals surface area contributed by atoms with Crippen molar-refractivity contribution in [1.82, 2.24) is 24.2 Å². The first-order valence-corrected chi connectivity index (χ1v) is 13.9. The molecule has 1 aliphatic heterocycles. The third kappa shape index (κ3) is 6.81.